The molecule has 0 bridgehead atoms. The molecule has 1 amide bonds. The van der Waals surface area contributed by atoms with E-state index in [1.807, 2.05) is 24.4 Å². The van der Waals surface area contributed by atoms with Gasteiger partial charge in [-0.15, -0.1) is 11.3 Å². The molecule has 1 aromatic heterocycles. The molecule has 2 aromatic rings. The number of nitrogens with zero attached hydrogens (tertiary/aromatic N) is 2. The van der Waals surface area contributed by atoms with Crippen LogP contribution in [0.15, 0.2) is 44.6 Å². The van der Waals surface area contributed by atoms with Gasteiger partial charge in [-0.25, -0.2) is 4.98 Å². The number of aliphatic hydroxyl groups is 1. The zero-order valence-corrected chi connectivity index (χ0v) is 20.3. The van der Waals surface area contributed by atoms with Gasteiger partial charge in [0.15, 0.2) is 4.34 Å². The van der Waals surface area contributed by atoms with Crippen LogP contribution in [0.3, 0.4) is 0 Å². The first-order chi connectivity index (χ1) is 13.3. The molecule has 6 nitrogen and oxygen atoms in total. The summed E-state index contributed by atoms with van der Waals surface area (Å²) in [7, 11) is 0. The van der Waals surface area contributed by atoms with Crippen LogP contribution in [-0.4, -0.2) is 39.0 Å². The van der Waals surface area contributed by atoms with Gasteiger partial charge in [-0.05, 0) is 19.1 Å². The van der Waals surface area contributed by atoms with Crippen LogP contribution in [0.4, 0.5) is 0 Å². The number of thiazole rings is 1. The van der Waals surface area contributed by atoms with Crippen molar-refractivity contribution >= 4 is 46.6 Å². The maximum Gasteiger partial charge on any atom is 1.00 e. The Hall–Kier alpha value is -0.870. The first kappa shape index (κ1) is 22.8. The molecule has 0 saturated carbocycles. The van der Waals surface area contributed by atoms with Crippen LogP contribution in [-0.2, 0) is 9.59 Å². The Balaban J connectivity index is 0.00000240. The fourth-order valence-electron chi connectivity index (χ4n) is 3.80. The number of hydrogen-bond donors (Lipinski definition) is 1. The molecule has 1 fully saturated rings. The second-order valence-corrected chi connectivity index (χ2v) is 9.45. The van der Waals surface area contributed by atoms with E-state index in [1.165, 1.54) is 28.0 Å². The van der Waals surface area contributed by atoms with Crippen molar-refractivity contribution in [1.82, 2.24) is 9.88 Å². The molecule has 1 unspecified atom stereocenters. The quantitative estimate of drug-likeness (QED) is 0.474. The molecular weight excluding hydrogens is 443 g/mol. The minimum atomic E-state index is -1.39. The number of rotatable bonds is 5. The van der Waals surface area contributed by atoms with E-state index < -0.39 is 18.0 Å². The number of halogens is 1. The number of aromatic nitrogens is 1. The van der Waals surface area contributed by atoms with Crippen molar-refractivity contribution in [3.63, 3.8) is 0 Å². The van der Waals surface area contributed by atoms with Gasteiger partial charge in [0.1, 0.15) is 0 Å². The van der Waals surface area contributed by atoms with Crippen molar-refractivity contribution in [3.05, 3.63) is 45.3 Å². The first-order valence-corrected chi connectivity index (χ1v) is 10.7. The van der Waals surface area contributed by atoms with Crippen LogP contribution in [0.1, 0.15) is 13.8 Å². The summed E-state index contributed by atoms with van der Waals surface area (Å²) in [5.74, 6) is -2.58. The predicted octanol–water partition coefficient (Wildman–Crippen LogP) is -0.621. The number of carboxylic acid groups (broad SMARTS) is 1. The summed E-state index contributed by atoms with van der Waals surface area (Å²) in [6.45, 7) is 3.42. The van der Waals surface area contributed by atoms with Gasteiger partial charge in [0.05, 0.1) is 35.4 Å². The number of β-lactam (4-membered cyclic amide) rings is 1. The number of fused-ring (bicyclic) bond motifs is 1. The topological polar surface area (TPSA) is 93.6 Å². The third-order valence-electron chi connectivity index (χ3n) is 5.12. The molecule has 4 rings (SSSR count). The summed E-state index contributed by atoms with van der Waals surface area (Å²) in [6, 6.07) is 6.94. The van der Waals surface area contributed by atoms with E-state index in [0.29, 0.717) is 14.3 Å². The van der Waals surface area contributed by atoms with Crippen LogP contribution < -0.4 is 34.7 Å². The molecular formula is C19H16ClN2NaO4S2. The number of hydrogen-bond acceptors (Lipinski definition) is 7. The minimum absolute atomic E-state index is 0. The molecule has 0 spiro atoms. The van der Waals surface area contributed by atoms with Gasteiger partial charge < -0.3 is 19.9 Å². The van der Waals surface area contributed by atoms with Gasteiger partial charge in [0.25, 0.3) is 0 Å². The Bertz CT molecular complexity index is 992. The summed E-state index contributed by atoms with van der Waals surface area (Å²) < 4.78 is 0.675. The SMILES string of the molecule is C[C@H]1C(Sc2nc(-c3ccc(Cl)cc3)cs2)=C(C(=O)[O-])N2C(=O)[C@H]([C@@H](C)O)C12.[Na+]. The summed E-state index contributed by atoms with van der Waals surface area (Å²) in [5.41, 5.74) is 1.58. The number of carboxylic acids is 1. The van der Waals surface area contributed by atoms with E-state index in [-0.39, 0.29) is 53.1 Å². The van der Waals surface area contributed by atoms with Crippen molar-refractivity contribution < 1.29 is 49.4 Å². The van der Waals surface area contributed by atoms with Crippen LogP contribution in [0.5, 0.6) is 0 Å². The Morgan fingerprint density at radius 3 is 2.62 bits per heavy atom. The van der Waals surface area contributed by atoms with Gasteiger partial charge in [0.2, 0.25) is 5.91 Å². The average Bonchev–Trinajstić information content (AvgIpc) is 3.18. The fraction of sp³-hybridized carbons (Fsp3) is 0.316. The molecule has 1 N–H and O–H groups in total. The zero-order valence-electron chi connectivity index (χ0n) is 16.0. The van der Waals surface area contributed by atoms with Gasteiger partial charge in [-0.1, -0.05) is 42.4 Å². The first-order valence-electron chi connectivity index (χ1n) is 8.65. The molecule has 10 heteroatoms. The van der Waals surface area contributed by atoms with E-state index in [0.717, 1.165) is 11.3 Å². The van der Waals surface area contributed by atoms with E-state index >= 15 is 0 Å². The Morgan fingerprint density at radius 1 is 1.38 bits per heavy atom. The molecule has 146 valence electrons. The summed E-state index contributed by atoms with van der Waals surface area (Å²) in [4.78, 5) is 30.5. The van der Waals surface area contributed by atoms with Crippen LogP contribution in [0.25, 0.3) is 11.3 Å². The number of carbonyl (C=O) groups excluding carboxylic acids is 2. The maximum absolute atomic E-state index is 12.4. The summed E-state index contributed by atoms with van der Waals surface area (Å²) in [5, 5.41) is 24.2. The Morgan fingerprint density at radius 2 is 2.03 bits per heavy atom. The number of carbonyl (C=O) groups is 2. The maximum atomic E-state index is 12.4. The molecule has 2 aliphatic rings. The predicted molar refractivity (Wildman–Crippen MR) is 105 cm³/mol. The smallest absolute Gasteiger partial charge is 0.543 e. The van der Waals surface area contributed by atoms with Crippen LogP contribution in [0, 0.1) is 11.8 Å². The Kier molecular flexibility index (Phi) is 6.85. The number of amides is 1. The Labute approximate surface area is 203 Å². The normalized spacial score (nSPS) is 24.1. The third-order valence-corrected chi connectivity index (χ3v) is 7.60. The van der Waals surface area contributed by atoms with E-state index in [9.17, 15) is 19.8 Å². The van der Waals surface area contributed by atoms with Crippen molar-refractivity contribution in [2.75, 3.05) is 0 Å². The summed E-state index contributed by atoms with van der Waals surface area (Å²) in [6.07, 6.45) is -0.833. The largest absolute Gasteiger partial charge is 1.00 e. The van der Waals surface area contributed by atoms with Crippen LogP contribution in [0.2, 0.25) is 5.02 Å². The molecule has 1 saturated heterocycles. The van der Waals surface area contributed by atoms with Gasteiger partial charge in [-0.2, -0.15) is 0 Å². The molecule has 3 heterocycles. The molecule has 4 atom stereocenters. The molecule has 0 aliphatic carbocycles. The van der Waals surface area contributed by atoms with Crippen molar-refractivity contribution in [3.8, 4) is 11.3 Å². The van der Waals surface area contributed by atoms with Gasteiger partial charge in [-0.3, -0.25) is 4.79 Å². The fourth-order valence-corrected chi connectivity index (χ4v) is 6.02. The number of thioether (sulfide) groups is 1. The molecule has 29 heavy (non-hydrogen) atoms. The second kappa shape index (κ2) is 8.70. The zero-order chi connectivity index (χ0) is 20.2. The van der Waals surface area contributed by atoms with Gasteiger partial charge >= 0.3 is 29.6 Å². The van der Waals surface area contributed by atoms with Crippen LogP contribution >= 0.6 is 34.7 Å². The van der Waals surface area contributed by atoms with E-state index in [2.05, 4.69) is 4.98 Å². The molecule has 2 aliphatic heterocycles. The molecule has 1 aromatic carbocycles. The average molecular weight is 459 g/mol. The number of benzene rings is 1. The van der Waals surface area contributed by atoms with Crippen molar-refractivity contribution in [2.24, 2.45) is 11.8 Å². The number of aliphatic hydroxyl groups excluding tert-OH is 1. The number of aliphatic carboxylic acids is 1. The third kappa shape index (κ3) is 3.92. The second-order valence-electron chi connectivity index (χ2n) is 6.86. The van der Waals surface area contributed by atoms with E-state index in [1.54, 1.807) is 19.1 Å². The van der Waals surface area contributed by atoms with Gasteiger partial charge in [0, 0.05) is 26.8 Å². The monoisotopic (exact) mass is 458 g/mol. The van der Waals surface area contributed by atoms with E-state index in [4.69, 9.17) is 11.6 Å². The molecule has 0 radical (unpaired) electrons. The minimum Gasteiger partial charge on any atom is -0.543 e. The standard InChI is InChI=1S/C19H17ClN2O4S2.Na/c1-8-14-13(9(2)23)17(24)22(14)15(18(25)26)16(8)28-19-21-12(7-27-19)10-3-5-11(20)6-4-10;/h3-9,13-14,23H,1-2H3,(H,25,26);/q;+1/p-1/t8-,9-,13-,14?;/m1./s1. The van der Waals surface area contributed by atoms with Crippen molar-refractivity contribution in [1.29, 1.82) is 0 Å². The van der Waals surface area contributed by atoms with Crippen molar-refractivity contribution in [2.45, 2.75) is 30.3 Å². The summed E-state index contributed by atoms with van der Waals surface area (Å²) >= 11 is 8.56.